The molecule has 1 aromatic rings. The van der Waals surface area contributed by atoms with Gasteiger partial charge >= 0.3 is 0 Å². The van der Waals surface area contributed by atoms with E-state index in [4.69, 9.17) is 0 Å². The third kappa shape index (κ3) is 14.5. The third-order valence-electron chi connectivity index (χ3n) is 6.30. The molecule has 0 heterocycles. The number of unbranched alkanes of at least 4 members (excludes halogenated alkanes) is 1. The Hall–Kier alpha value is -3.64. The average Bonchev–Trinajstić information content (AvgIpc) is 2.98. The van der Waals surface area contributed by atoms with Crippen LogP contribution in [0.5, 0.6) is 0 Å². The van der Waals surface area contributed by atoms with E-state index in [0.29, 0.717) is 12.0 Å². The van der Waals surface area contributed by atoms with Crippen molar-refractivity contribution >= 4 is 12.2 Å². The van der Waals surface area contributed by atoms with Gasteiger partial charge in [0.1, 0.15) is 6.29 Å². The molecule has 0 saturated carbocycles. The lowest BCUT2D eigenvalue weighted by molar-refractivity contribution is -0.120. The van der Waals surface area contributed by atoms with Gasteiger partial charge in [0.2, 0.25) is 0 Å². The molecule has 1 aliphatic carbocycles. The van der Waals surface area contributed by atoms with Crippen LogP contribution in [-0.2, 0) is 22.4 Å². The second kappa shape index (κ2) is 23.3. The SMILES string of the molecule is C#C.CC.C\C=C/C=C(C(=O)NC(C=O)Cc1ccc(CCCCC2=C/C(=C/CC)CC=C2)cc1)\C(C)=C\CC. The highest BCUT2D eigenvalue weighted by atomic mass is 16.2. The van der Waals surface area contributed by atoms with Gasteiger partial charge in [-0.25, -0.2) is 0 Å². The van der Waals surface area contributed by atoms with E-state index in [1.165, 1.54) is 23.1 Å². The fourth-order valence-electron chi connectivity index (χ4n) is 4.38. The molecular weight excluding hydrogens is 490 g/mol. The van der Waals surface area contributed by atoms with Gasteiger partial charge in [0, 0.05) is 5.57 Å². The third-order valence-corrected chi connectivity index (χ3v) is 6.30. The molecule has 1 aliphatic rings. The van der Waals surface area contributed by atoms with Gasteiger partial charge in [-0.05, 0) is 99.1 Å². The van der Waals surface area contributed by atoms with Gasteiger partial charge in [-0.15, -0.1) is 12.8 Å². The van der Waals surface area contributed by atoms with Crippen LogP contribution in [0.4, 0.5) is 0 Å². The summed E-state index contributed by atoms with van der Waals surface area (Å²) in [7, 11) is 0. The van der Waals surface area contributed by atoms with Crippen molar-refractivity contribution in [2.45, 2.75) is 99.0 Å². The molecule has 0 saturated heterocycles. The number of hydrogen-bond acceptors (Lipinski definition) is 2. The second-order valence-corrected chi connectivity index (χ2v) is 9.36. The summed E-state index contributed by atoms with van der Waals surface area (Å²) in [6.07, 6.45) is 33.6. The number of nitrogens with one attached hydrogen (secondary N) is 1. The summed E-state index contributed by atoms with van der Waals surface area (Å²) < 4.78 is 0. The summed E-state index contributed by atoms with van der Waals surface area (Å²) in [6.45, 7) is 12.1. The lowest BCUT2D eigenvalue weighted by Gasteiger charge is -2.15. The highest BCUT2D eigenvalue weighted by molar-refractivity contribution is 5.99. The Labute approximate surface area is 244 Å². The monoisotopic (exact) mass is 541 g/mol. The van der Waals surface area contributed by atoms with Crippen LogP contribution in [0, 0.1) is 12.8 Å². The van der Waals surface area contributed by atoms with Crippen molar-refractivity contribution in [3.05, 3.63) is 106 Å². The van der Waals surface area contributed by atoms with Crippen LogP contribution in [-0.4, -0.2) is 18.2 Å². The summed E-state index contributed by atoms with van der Waals surface area (Å²) in [4.78, 5) is 24.6. The number of rotatable bonds is 14. The molecule has 1 aromatic carbocycles. The minimum absolute atomic E-state index is 0.218. The van der Waals surface area contributed by atoms with Crippen LogP contribution in [0.2, 0.25) is 0 Å². The van der Waals surface area contributed by atoms with E-state index in [0.717, 1.165) is 55.9 Å². The Kier molecular flexibility index (Phi) is 21.1. The fourth-order valence-corrected chi connectivity index (χ4v) is 4.38. The molecule has 40 heavy (non-hydrogen) atoms. The predicted octanol–water partition coefficient (Wildman–Crippen LogP) is 8.98. The number of aryl methyl sites for hydroxylation is 1. The fraction of sp³-hybridized carbons (Fsp3) is 0.405. The smallest absolute Gasteiger partial charge is 0.252 e. The zero-order chi connectivity index (χ0) is 30.2. The molecule has 0 bridgehead atoms. The van der Waals surface area contributed by atoms with Crippen molar-refractivity contribution in [2.24, 2.45) is 0 Å². The first-order chi connectivity index (χ1) is 19.5. The Morgan fingerprint density at radius 1 is 1.02 bits per heavy atom. The second-order valence-electron chi connectivity index (χ2n) is 9.36. The molecule has 1 atom stereocenters. The first-order valence-electron chi connectivity index (χ1n) is 14.7. The number of terminal acetylenes is 1. The molecule has 1 N–H and O–H groups in total. The number of carbonyl (C=O) groups is 2. The van der Waals surface area contributed by atoms with Crippen LogP contribution in [0.25, 0.3) is 0 Å². The Balaban J connectivity index is 0.00000363. The molecule has 0 spiro atoms. The number of benzene rings is 1. The normalized spacial score (nSPS) is 14.9. The highest BCUT2D eigenvalue weighted by Crippen LogP contribution is 2.21. The van der Waals surface area contributed by atoms with Crippen molar-refractivity contribution in [3.63, 3.8) is 0 Å². The molecule has 3 heteroatoms. The van der Waals surface area contributed by atoms with E-state index >= 15 is 0 Å². The van der Waals surface area contributed by atoms with Crippen molar-refractivity contribution in [2.75, 3.05) is 0 Å². The first-order valence-corrected chi connectivity index (χ1v) is 14.7. The average molecular weight is 542 g/mol. The molecule has 3 nitrogen and oxygen atoms in total. The van der Waals surface area contributed by atoms with Gasteiger partial charge in [-0.1, -0.05) is 94.5 Å². The molecule has 2 rings (SSSR count). The van der Waals surface area contributed by atoms with Crippen LogP contribution in [0.3, 0.4) is 0 Å². The summed E-state index contributed by atoms with van der Waals surface area (Å²) in [5, 5.41) is 2.90. The van der Waals surface area contributed by atoms with Crippen molar-refractivity contribution in [1.29, 1.82) is 0 Å². The van der Waals surface area contributed by atoms with Gasteiger partial charge in [-0.3, -0.25) is 4.79 Å². The van der Waals surface area contributed by atoms with E-state index in [9.17, 15) is 9.59 Å². The van der Waals surface area contributed by atoms with Crippen molar-refractivity contribution < 1.29 is 9.59 Å². The number of carbonyl (C=O) groups excluding carboxylic acids is 2. The van der Waals surface area contributed by atoms with Gasteiger partial charge in [0.15, 0.2) is 0 Å². The number of allylic oxidation sites excluding steroid dienone is 10. The molecule has 1 unspecified atom stereocenters. The lowest BCUT2D eigenvalue weighted by Crippen LogP contribution is -2.38. The Bertz CT molecular complexity index is 1070. The van der Waals surface area contributed by atoms with E-state index in [-0.39, 0.29) is 5.91 Å². The summed E-state index contributed by atoms with van der Waals surface area (Å²) in [5.74, 6) is -0.218. The Morgan fingerprint density at radius 2 is 1.68 bits per heavy atom. The molecule has 216 valence electrons. The van der Waals surface area contributed by atoms with Gasteiger partial charge in [0.05, 0.1) is 6.04 Å². The molecule has 1 amide bonds. The molecule has 0 aromatic heterocycles. The maximum atomic E-state index is 12.9. The number of amides is 1. The minimum atomic E-state index is -0.560. The predicted molar refractivity (Wildman–Crippen MR) is 174 cm³/mol. The topological polar surface area (TPSA) is 46.2 Å². The quantitative estimate of drug-likeness (QED) is 0.0840. The number of aldehydes is 1. The standard InChI is InChI=1S/C33H43NO2.C2H6.C2H2/c1-5-8-18-32(26(4)12-6-2)33(36)34-31(25-35)24-30-21-19-27(20-22-30)14-9-10-15-29-17-11-16-28(23-29)13-7-3;2*1-2/h5,8,11-13,17-23,25,31H,6-7,9-10,14-16,24H2,1-4H3,(H,34,36);1-2H3;1-2H/b8-5-,26-12+,28-13+,32-18+;;. The maximum absolute atomic E-state index is 12.9. The molecule has 0 aliphatic heterocycles. The van der Waals surface area contributed by atoms with Crippen LogP contribution < -0.4 is 5.32 Å². The van der Waals surface area contributed by atoms with E-state index in [2.05, 4.69) is 73.7 Å². The largest absolute Gasteiger partial charge is 0.342 e. The highest BCUT2D eigenvalue weighted by Gasteiger charge is 2.16. The van der Waals surface area contributed by atoms with Crippen molar-refractivity contribution in [3.8, 4) is 12.8 Å². The summed E-state index contributed by atoms with van der Waals surface area (Å²) in [5.41, 5.74) is 6.73. The molecule has 0 fully saturated rings. The van der Waals surface area contributed by atoms with Crippen LogP contribution in [0.15, 0.2) is 95.2 Å². The minimum Gasteiger partial charge on any atom is -0.342 e. The Morgan fingerprint density at radius 3 is 2.27 bits per heavy atom. The van der Waals surface area contributed by atoms with Crippen LogP contribution in [0.1, 0.15) is 91.2 Å². The van der Waals surface area contributed by atoms with Gasteiger partial charge < -0.3 is 10.1 Å². The first kappa shape index (κ1) is 36.4. The maximum Gasteiger partial charge on any atom is 0.252 e. The molecular formula is C37H51NO2. The summed E-state index contributed by atoms with van der Waals surface area (Å²) in [6, 6.07) is 7.88. The van der Waals surface area contributed by atoms with Gasteiger partial charge in [-0.2, -0.15) is 0 Å². The number of hydrogen-bond donors (Lipinski definition) is 1. The van der Waals surface area contributed by atoms with Crippen LogP contribution >= 0.6 is 0 Å². The van der Waals surface area contributed by atoms with Crippen molar-refractivity contribution in [1.82, 2.24) is 5.32 Å². The van der Waals surface area contributed by atoms with Gasteiger partial charge in [0.25, 0.3) is 5.91 Å². The zero-order valence-corrected chi connectivity index (χ0v) is 25.7. The van der Waals surface area contributed by atoms with E-state index in [1.54, 1.807) is 6.08 Å². The molecule has 0 radical (unpaired) electrons. The van der Waals surface area contributed by atoms with E-state index in [1.807, 2.05) is 52.8 Å². The lowest BCUT2D eigenvalue weighted by atomic mass is 9.96. The zero-order valence-electron chi connectivity index (χ0n) is 25.7. The van der Waals surface area contributed by atoms with E-state index < -0.39 is 6.04 Å². The summed E-state index contributed by atoms with van der Waals surface area (Å²) >= 11 is 0.